The fourth-order valence-electron chi connectivity index (χ4n) is 1.88. The smallest absolute Gasteiger partial charge is 0.219 e. The fourth-order valence-corrected chi connectivity index (χ4v) is 1.88. The maximum absolute atomic E-state index is 13.7. The van der Waals surface area contributed by atoms with Gasteiger partial charge in [-0.2, -0.15) is 0 Å². The molecule has 0 fully saturated rings. The summed E-state index contributed by atoms with van der Waals surface area (Å²) >= 11 is 0. The van der Waals surface area contributed by atoms with Crippen molar-refractivity contribution in [1.29, 1.82) is 0 Å². The molecular weight excluding hydrogens is 266 g/mol. The molecule has 0 spiro atoms. The molecule has 1 aromatic heterocycles. The van der Waals surface area contributed by atoms with Gasteiger partial charge in [0.15, 0.2) is 23.3 Å². The first kappa shape index (κ1) is 13.3. The third-order valence-electron chi connectivity index (χ3n) is 2.75. The quantitative estimate of drug-likeness (QED) is 0.451. The minimum Gasteiger partial charge on any atom is -0.370 e. The van der Waals surface area contributed by atoms with E-state index in [0.717, 1.165) is 6.20 Å². The molecule has 0 aliphatic carbocycles. The standard InChI is InChI=1S/C11H9F4N3O/c12-7-6-3(4(16)1-5(17)19)2-18-11(6)10(15)9(14)8(7)13/h2,4,18H,1,16H2,(H2,17,19). The molecule has 0 radical (unpaired) electrons. The number of aromatic amines is 1. The molecule has 0 saturated carbocycles. The van der Waals surface area contributed by atoms with Gasteiger partial charge in [0, 0.05) is 24.0 Å². The van der Waals surface area contributed by atoms with Gasteiger partial charge in [-0.15, -0.1) is 0 Å². The van der Waals surface area contributed by atoms with Gasteiger partial charge in [-0.1, -0.05) is 0 Å². The van der Waals surface area contributed by atoms with Crippen molar-refractivity contribution >= 4 is 16.8 Å². The number of nitrogens with one attached hydrogen (secondary N) is 1. The topological polar surface area (TPSA) is 84.9 Å². The maximum atomic E-state index is 13.7. The molecule has 2 aromatic rings. The van der Waals surface area contributed by atoms with Gasteiger partial charge in [0.1, 0.15) is 0 Å². The maximum Gasteiger partial charge on any atom is 0.219 e. The van der Waals surface area contributed by atoms with Crippen molar-refractivity contribution in [3.8, 4) is 0 Å². The molecule has 1 atom stereocenters. The Kier molecular flexibility index (Phi) is 3.19. The van der Waals surface area contributed by atoms with Crippen LogP contribution in [0.3, 0.4) is 0 Å². The van der Waals surface area contributed by atoms with Gasteiger partial charge in [-0.3, -0.25) is 4.79 Å². The molecule has 0 aliphatic rings. The summed E-state index contributed by atoms with van der Waals surface area (Å²) in [7, 11) is 0. The van der Waals surface area contributed by atoms with Crippen LogP contribution in [0.2, 0.25) is 0 Å². The fraction of sp³-hybridized carbons (Fsp3) is 0.182. The van der Waals surface area contributed by atoms with Crippen molar-refractivity contribution in [2.75, 3.05) is 0 Å². The van der Waals surface area contributed by atoms with E-state index in [1.165, 1.54) is 0 Å². The van der Waals surface area contributed by atoms with Gasteiger partial charge in [0.25, 0.3) is 0 Å². The summed E-state index contributed by atoms with van der Waals surface area (Å²) in [6.07, 6.45) is 0.746. The minimum atomic E-state index is -1.93. The Morgan fingerprint density at radius 3 is 2.32 bits per heavy atom. The normalized spacial score (nSPS) is 12.9. The van der Waals surface area contributed by atoms with E-state index in [2.05, 4.69) is 4.98 Å². The number of carbonyl (C=O) groups excluding carboxylic acids is 1. The summed E-state index contributed by atoms with van der Waals surface area (Å²) in [5.74, 6) is -7.72. The lowest BCUT2D eigenvalue weighted by molar-refractivity contribution is -0.118. The number of H-pyrrole nitrogens is 1. The van der Waals surface area contributed by atoms with Crippen molar-refractivity contribution in [1.82, 2.24) is 4.98 Å². The first-order valence-corrected chi connectivity index (χ1v) is 5.21. The monoisotopic (exact) mass is 275 g/mol. The van der Waals surface area contributed by atoms with Gasteiger partial charge in [-0.25, -0.2) is 17.6 Å². The summed E-state index contributed by atoms with van der Waals surface area (Å²) in [5.41, 5.74) is 9.92. The summed E-state index contributed by atoms with van der Waals surface area (Å²) in [4.78, 5) is 13.0. The Bertz CT molecular complexity index is 668. The third-order valence-corrected chi connectivity index (χ3v) is 2.75. The van der Waals surface area contributed by atoms with Crippen LogP contribution in [0, 0.1) is 23.3 Å². The van der Waals surface area contributed by atoms with Gasteiger partial charge in [0.2, 0.25) is 5.91 Å². The van der Waals surface area contributed by atoms with E-state index >= 15 is 0 Å². The molecular formula is C11H9F4N3O. The molecule has 1 amide bonds. The third kappa shape index (κ3) is 2.03. The summed E-state index contributed by atoms with van der Waals surface area (Å²) < 4.78 is 53.3. The van der Waals surface area contributed by atoms with E-state index in [1.807, 2.05) is 0 Å². The molecule has 5 N–H and O–H groups in total. The van der Waals surface area contributed by atoms with E-state index in [4.69, 9.17) is 11.5 Å². The van der Waals surface area contributed by atoms with Crippen LogP contribution in [-0.2, 0) is 4.79 Å². The van der Waals surface area contributed by atoms with E-state index < -0.39 is 46.1 Å². The van der Waals surface area contributed by atoms with Gasteiger partial charge in [-0.05, 0) is 5.56 Å². The average Bonchev–Trinajstić information content (AvgIpc) is 2.77. The number of primary amides is 1. The zero-order valence-corrected chi connectivity index (χ0v) is 9.44. The number of aromatic nitrogens is 1. The largest absolute Gasteiger partial charge is 0.370 e. The average molecular weight is 275 g/mol. The summed E-state index contributed by atoms with van der Waals surface area (Å²) in [6, 6.07) is -1.05. The van der Waals surface area contributed by atoms with Crippen molar-refractivity contribution in [3.63, 3.8) is 0 Å². The molecule has 0 saturated heterocycles. The second kappa shape index (κ2) is 4.54. The van der Waals surface area contributed by atoms with Crippen molar-refractivity contribution in [2.45, 2.75) is 12.5 Å². The van der Waals surface area contributed by atoms with Crippen LogP contribution in [-0.4, -0.2) is 10.9 Å². The Labute approximate surface area is 104 Å². The lowest BCUT2D eigenvalue weighted by Gasteiger charge is -2.09. The van der Waals surface area contributed by atoms with Crippen LogP contribution in [0.25, 0.3) is 10.9 Å². The van der Waals surface area contributed by atoms with Crippen LogP contribution in [0.4, 0.5) is 17.6 Å². The molecule has 1 heterocycles. The molecule has 19 heavy (non-hydrogen) atoms. The van der Waals surface area contributed by atoms with E-state index in [9.17, 15) is 22.4 Å². The number of halogens is 4. The number of fused-ring (bicyclic) bond motifs is 1. The lowest BCUT2D eigenvalue weighted by atomic mass is 10.0. The van der Waals surface area contributed by atoms with Crippen LogP contribution in [0.15, 0.2) is 6.20 Å². The molecule has 8 heteroatoms. The first-order valence-electron chi connectivity index (χ1n) is 5.21. The molecule has 4 nitrogen and oxygen atoms in total. The number of carbonyl (C=O) groups is 1. The van der Waals surface area contributed by atoms with Crippen molar-refractivity contribution in [2.24, 2.45) is 11.5 Å². The zero-order valence-electron chi connectivity index (χ0n) is 9.44. The van der Waals surface area contributed by atoms with Crippen molar-refractivity contribution < 1.29 is 22.4 Å². The highest BCUT2D eigenvalue weighted by Crippen LogP contribution is 2.31. The molecule has 102 valence electrons. The van der Waals surface area contributed by atoms with Crippen LogP contribution in [0.1, 0.15) is 18.0 Å². The summed E-state index contributed by atoms with van der Waals surface area (Å²) in [5, 5.41) is -0.523. The Hall–Kier alpha value is -2.09. The number of amides is 1. The first-order chi connectivity index (χ1) is 8.84. The SMILES string of the molecule is NC(=O)CC(N)c1c[nH]c2c(F)c(F)c(F)c(F)c12. The summed E-state index contributed by atoms with van der Waals surface area (Å²) in [6.45, 7) is 0. The predicted molar refractivity (Wildman–Crippen MR) is 58.9 cm³/mol. The number of hydrogen-bond acceptors (Lipinski definition) is 2. The molecule has 1 unspecified atom stereocenters. The number of rotatable bonds is 3. The minimum absolute atomic E-state index is 0.0518. The van der Waals surface area contributed by atoms with Gasteiger partial charge in [0.05, 0.1) is 5.52 Å². The zero-order chi connectivity index (χ0) is 14.3. The van der Waals surface area contributed by atoms with Gasteiger partial charge >= 0.3 is 0 Å². The predicted octanol–water partition coefficient (Wildman–Crippen LogP) is 1.60. The van der Waals surface area contributed by atoms with Crippen LogP contribution >= 0.6 is 0 Å². The Morgan fingerprint density at radius 2 is 1.74 bits per heavy atom. The number of benzene rings is 1. The highest BCUT2D eigenvalue weighted by atomic mass is 19.2. The molecule has 0 aliphatic heterocycles. The van der Waals surface area contributed by atoms with E-state index in [-0.39, 0.29) is 12.0 Å². The number of nitrogens with two attached hydrogens (primary N) is 2. The van der Waals surface area contributed by atoms with Gasteiger partial charge < -0.3 is 16.5 Å². The van der Waals surface area contributed by atoms with E-state index in [1.54, 1.807) is 0 Å². The molecule has 0 bridgehead atoms. The highest BCUT2D eigenvalue weighted by Gasteiger charge is 2.25. The lowest BCUT2D eigenvalue weighted by Crippen LogP contribution is -2.20. The second-order valence-corrected chi connectivity index (χ2v) is 4.03. The Balaban J connectivity index is 2.69. The molecule has 1 aromatic carbocycles. The Morgan fingerprint density at radius 1 is 1.16 bits per heavy atom. The van der Waals surface area contributed by atoms with Crippen LogP contribution < -0.4 is 11.5 Å². The van der Waals surface area contributed by atoms with Crippen molar-refractivity contribution in [3.05, 3.63) is 35.0 Å². The highest BCUT2D eigenvalue weighted by molar-refractivity contribution is 5.86. The van der Waals surface area contributed by atoms with Crippen LogP contribution in [0.5, 0.6) is 0 Å². The number of hydrogen-bond donors (Lipinski definition) is 3. The second-order valence-electron chi connectivity index (χ2n) is 4.03. The van der Waals surface area contributed by atoms with E-state index in [0.29, 0.717) is 0 Å². The molecule has 2 rings (SSSR count).